The van der Waals surface area contributed by atoms with Crippen LogP contribution in [0.15, 0.2) is 36.8 Å². The molecular weight excluding hydrogens is 486 g/mol. The van der Waals surface area contributed by atoms with E-state index in [1.54, 1.807) is 12.1 Å². The number of carbonyl (C=O) groups excluding carboxylic acids is 1. The van der Waals surface area contributed by atoms with Gasteiger partial charge in [0.25, 0.3) is 0 Å². The zero-order valence-corrected chi connectivity index (χ0v) is 21.8. The number of aromatic nitrogens is 5. The fourth-order valence-corrected chi connectivity index (χ4v) is 6.06. The van der Waals surface area contributed by atoms with E-state index >= 15 is 0 Å². The highest BCUT2D eigenvalue weighted by Crippen LogP contribution is 2.34. The number of Topliss-reactive ketones (excluding diaryl/α,β-unsaturated/α-hetero) is 1. The van der Waals surface area contributed by atoms with Gasteiger partial charge in [0.05, 0.1) is 18.1 Å². The van der Waals surface area contributed by atoms with Crippen molar-refractivity contribution in [1.82, 2.24) is 29.4 Å². The zero-order valence-electron chi connectivity index (χ0n) is 21.8. The van der Waals surface area contributed by atoms with Crippen LogP contribution in [0.5, 0.6) is 0 Å². The number of benzene rings is 1. The molecule has 2 unspecified atom stereocenters. The zero-order chi connectivity index (χ0) is 26.6. The molecule has 0 spiro atoms. The van der Waals surface area contributed by atoms with Crippen molar-refractivity contribution in [2.24, 2.45) is 11.8 Å². The van der Waals surface area contributed by atoms with Crippen LogP contribution < -0.4 is 0 Å². The summed E-state index contributed by atoms with van der Waals surface area (Å²) in [5, 5.41) is 0. The third-order valence-electron chi connectivity index (χ3n) is 7.79. The van der Waals surface area contributed by atoms with Crippen molar-refractivity contribution >= 4 is 16.8 Å². The molecule has 1 saturated carbocycles. The second kappa shape index (κ2) is 9.62. The number of piperidine rings is 1. The number of halogens is 2. The molecule has 2 aliphatic rings. The van der Waals surface area contributed by atoms with Crippen molar-refractivity contribution in [2.75, 3.05) is 13.1 Å². The molecule has 1 aliphatic carbocycles. The van der Waals surface area contributed by atoms with Gasteiger partial charge in [-0.1, -0.05) is 0 Å². The molecule has 1 aliphatic heterocycles. The minimum atomic E-state index is -0.523. The Kier molecular flexibility index (Phi) is 6.26. The van der Waals surface area contributed by atoms with Gasteiger partial charge in [0.1, 0.15) is 28.8 Å². The minimum absolute atomic E-state index is 0.0835. The number of imidazole rings is 1. The quantitative estimate of drug-likeness (QED) is 0.357. The van der Waals surface area contributed by atoms with Crippen LogP contribution in [0.4, 0.5) is 8.78 Å². The van der Waals surface area contributed by atoms with E-state index in [4.69, 9.17) is 0 Å². The highest BCUT2D eigenvalue weighted by Gasteiger charge is 2.40. The first-order chi connectivity index (χ1) is 18.3. The third-order valence-corrected chi connectivity index (χ3v) is 7.79. The smallest absolute Gasteiger partial charge is 0.151 e. The van der Waals surface area contributed by atoms with E-state index in [-0.39, 0.29) is 29.0 Å². The van der Waals surface area contributed by atoms with Crippen LogP contribution in [0.3, 0.4) is 0 Å². The summed E-state index contributed by atoms with van der Waals surface area (Å²) >= 11 is 0. The Morgan fingerprint density at radius 3 is 2.37 bits per heavy atom. The van der Waals surface area contributed by atoms with Crippen molar-refractivity contribution in [3.05, 3.63) is 71.3 Å². The second-order valence-electron chi connectivity index (χ2n) is 10.9. The van der Waals surface area contributed by atoms with E-state index in [1.807, 2.05) is 37.7 Å². The van der Waals surface area contributed by atoms with E-state index in [2.05, 4.69) is 24.8 Å². The summed E-state index contributed by atoms with van der Waals surface area (Å²) in [6.45, 7) is 8.19. The maximum atomic E-state index is 15.0. The molecule has 6 rings (SSSR count). The first-order valence-electron chi connectivity index (χ1n) is 13.2. The lowest BCUT2D eigenvalue weighted by molar-refractivity contribution is -0.127. The van der Waals surface area contributed by atoms with Gasteiger partial charge >= 0.3 is 0 Å². The summed E-state index contributed by atoms with van der Waals surface area (Å²) < 4.78 is 31.8. The SMILES string of the molecule is Cc1nc2c(F)cc(-c3cc(Cc4ncc(CN5CC6CCC(C5)C6=O)cn4)ncc3F)cc2n1C(C)C. The van der Waals surface area contributed by atoms with Crippen LogP contribution in [0, 0.1) is 30.4 Å². The van der Waals surface area contributed by atoms with Crippen molar-refractivity contribution in [3.8, 4) is 11.1 Å². The van der Waals surface area contributed by atoms with Gasteiger partial charge in [-0.3, -0.25) is 14.7 Å². The number of pyridine rings is 1. The first-order valence-corrected chi connectivity index (χ1v) is 13.2. The van der Waals surface area contributed by atoms with Gasteiger partial charge in [0.2, 0.25) is 0 Å². The Morgan fingerprint density at radius 1 is 0.974 bits per heavy atom. The minimum Gasteiger partial charge on any atom is -0.326 e. The predicted octanol–water partition coefficient (Wildman–Crippen LogP) is 5.06. The molecule has 0 N–H and O–H groups in total. The molecule has 2 atom stereocenters. The summed E-state index contributed by atoms with van der Waals surface area (Å²) in [4.78, 5) is 32.1. The lowest BCUT2D eigenvalue weighted by Crippen LogP contribution is -2.41. The number of likely N-dealkylation sites (tertiary alicyclic amines) is 1. The average Bonchev–Trinajstić information content (AvgIpc) is 3.31. The summed E-state index contributed by atoms with van der Waals surface area (Å²) in [7, 11) is 0. The van der Waals surface area contributed by atoms with Crippen LogP contribution in [0.1, 0.15) is 55.6 Å². The number of hydrogen-bond donors (Lipinski definition) is 0. The van der Waals surface area contributed by atoms with Crippen LogP contribution in [0.2, 0.25) is 0 Å². The van der Waals surface area contributed by atoms with E-state index < -0.39 is 11.6 Å². The van der Waals surface area contributed by atoms with Gasteiger partial charge in [-0.2, -0.15) is 0 Å². The fraction of sp³-hybridized carbons (Fsp3) is 0.414. The highest BCUT2D eigenvalue weighted by molar-refractivity contribution is 5.86. The molecular formula is C29H30F2N6O. The van der Waals surface area contributed by atoms with Crippen LogP contribution in [0.25, 0.3) is 22.2 Å². The molecule has 38 heavy (non-hydrogen) atoms. The van der Waals surface area contributed by atoms with Gasteiger partial charge in [-0.05, 0) is 57.4 Å². The van der Waals surface area contributed by atoms with Crippen molar-refractivity contribution in [3.63, 3.8) is 0 Å². The highest BCUT2D eigenvalue weighted by atomic mass is 19.1. The summed E-state index contributed by atoms with van der Waals surface area (Å²) in [5.41, 5.74) is 3.21. The Balaban J connectivity index is 1.21. The van der Waals surface area contributed by atoms with Gasteiger partial charge in [0, 0.05) is 66.7 Å². The van der Waals surface area contributed by atoms with Crippen molar-refractivity contribution in [2.45, 2.75) is 52.6 Å². The molecule has 1 saturated heterocycles. The van der Waals surface area contributed by atoms with Crippen molar-refractivity contribution < 1.29 is 13.6 Å². The van der Waals surface area contributed by atoms with E-state index in [1.165, 1.54) is 6.07 Å². The molecule has 0 radical (unpaired) electrons. The standard InChI is InChI=1S/C29H30F2N6O/c1-16(2)37-17(3)35-28-24(30)6-21(7-26(28)37)23-8-22(32-12-25(23)31)9-27-33-10-18(11-34-27)13-36-14-19-4-5-20(15-36)29(19)38/h6-8,10-12,16,19-20H,4-5,9,13-15H2,1-3H3. The molecule has 7 nitrogen and oxygen atoms in total. The van der Waals surface area contributed by atoms with Gasteiger partial charge in [-0.25, -0.2) is 23.7 Å². The molecule has 4 heterocycles. The van der Waals surface area contributed by atoms with Gasteiger partial charge in [0.15, 0.2) is 5.82 Å². The number of aryl methyl sites for hydroxylation is 1. The Hall–Kier alpha value is -3.59. The molecule has 1 aromatic carbocycles. The fourth-order valence-electron chi connectivity index (χ4n) is 6.06. The van der Waals surface area contributed by atoms with Crippen molar-refractivity contribution in [1.29, 1.82) is 0 Å². The molecule has 2 fully saturated rings. The average molecular weight is 517 g/mol. The Morgan fingerprint density at radius 2 is 1.68 bits per heavy atom. The molecule has 196 valence electrons. The molecule has 2 bridgehead atoms. The maximum absolute atomic E-state index is 15.0. The number of fused-ring (bicyclic) bond motifs is 3. The maximum Gasteiger partial charge on any atom is 0.151 e. The van der Waals surface area contributed by atoms with Crippen LogP contribution in [-0.2, 0) is 17.8 Å². The van der Waals surface area contributed by atoms with Gasteiger partial charge < -0.3 is 4.57 Å². The number of carbonyl (C=O) groups is 1. The lowest BCUT2D eigenvalue weighted by atomic mass is 9.97. The molecule has 9 heteroatoms. The monoisotopic (exact) mass is 516 g/mol. The van der Waals surface area contributed by atoms with E-state index in [0.717, 1.165) is 44.2 Å². The number of hydrogen-bond acceptors (Lipinski definition) is 6. The number of nitrogens with zero attached hydrogens (tertiary/aromatic N) is 6. The van der Waals surface area contributed by atoms with E-state index in [0.29, 0.717) is 40.6 Å². The largest absolute Gasteiger partial charge is 0.326 e. The predicted molar refractivity (Wildman–Crippen MR) is 139 cm³/mol. The van der Waals surface area contributed by atoms with Crippen LogP contribution >= 0.6 is 0 Å². The third kappa shape index (κ3) is 4.49. The number of ketones is 1. The summed E-state index contributed by atoms with van der Waals surface area (Å²) in [6.07, 6.45) is 7.11. The normalized spacial score (nSPS) is 19.7. The first kappa shape index (κ1) is 24.7. The lowest BCUT2D eigenvalue weighted by Gasteiger charge is -2.30. The second-order valence-corrected chi connectivity index (χ2v) is 10.9. The topological polar surface area (TPSA) is 76.8 Å². The Bertz CT molecular complexity index is 1510. The molecule has 0 amide bonds. The summed E-state index contributed by atoms with van der Waals surface area (Å²) in [5.74, 6) is 1.07. The summed E-state index contributed by atoms with van der Waals surface area (Å²) in [6, 6.07) is 4.83. The molecule has 4 aromatic rings. The number of rotatable bonds is 6. The molecule has 3 aromatic heterocycles. The van der Waals surface area contributed by atoms with Crippen LogP contribution in [-0.4, -0.2) is 48.3 Å². The van der Waals surface area contributed by atoms with Gasteiger partial charge in [-0.15, -0.1) is 0 Å². The Labute approximate surface area is 220 Å². The van der Waals surface area contributed by atoms with E-state index in [9.17, 15) is 13.6 Å².